The zero-order valence-corrected chi connectivity index (χ0v) is 15.4. The summed E-state index contributed by atoms with van der Waals surface area (Å²) in [6.45, 7) is 3.21. The maximum absolute atomic E-state index is 13.4. The van der Waals surface area contributed by atoms with E-state index in [1.165, 1.54) is 31.4 Å². The van der Waals surface area contributed by atoms with Crippen molar-refractivity contribution >= 4 is 0 Å². The molecule has 6 heteroatoms. The van der Waals surface area contributed by atoms with Crippen LogP contribution in [0.2, 0.25) is 0 Å². The second kappa shape index (κ2) is 8.78. The molecule has 0 spiro atoms. The van der Waals surface area contributed by atoms with Crippen LogP contribution in [0.3, 0.4) is 0 Å². The third-order valence-electron chi connectivity index (χ3n) is 5.45. The van der Waals surface area contributed by atoms with Gasteiger partial charge in [-0.2, -0.15) is 0 Å². The van der Waals surface area contributed by atoms with Crippen LogP contribution in [0.4, 0.5) is 4.39 Å². The third kappa shape index (κ3) is 4.64. The van der Waals surface area contributed by atoms with E-state index in [4.69, 9.17) is 9.47 Å². The summed E-state index contributed by atoms with van der Waals surface area (Å²) in [6.07, 6.45) is 5.32. The zero-order valence-electron chi connectivity index (χ0n) is 15.4. The lowest BCUT2D eigenvalue weighted by molar-refractivity contribution is 0.0524. The Kier molecular flexibility index (Phi) is 5.97. The Morgan fingerprint density at radius 3 is 3.07 bits per heavy atom. The van der Waals surface area contributed by atoms with Crippen molar-refractivity contribution < 1.29 is 13.9 Å². The number of morpholine rings is 1. The molecule has 1 saturated heterocycles. The standard InChI is InChI=1S/C21H26FN3O2/c22-16-5-1-6-17(12-16)27-21-15(4-3-9-24-21)13-25-19-8-2-7-18(19)20-14-26-11-10-23-20/h1,3-6,9,12,18-20,23,25H,2,7-8,10-11,13-14H2. The Morgan fingerprint density at radius 1 is 1.26 bits per heavy atom. The highest BCUT2D eigenvalue weighted by molar-refractivity contribution is 5.32. The molecule has 3 atom stereocenters. The molecular weight excluding hydrogens is 345 g/mol. The maximum Gasteiger partial charge on any atom is 0.223 e. The van der Waals surface area contributed by atoms with Gasteiger partial charge in [-0.15, -0.1) is 0 Å². The van der Waals surface area contributed by atoms with Gasteiger partial charge in [-0.1, -0.05) is 18.6 Å². The molecule has 144 valence electrons. The van der Waals surface area contributed by atoms with Gasteiger partial charge in [0.2, 0.25) is 5.88 Å². The molecule has 2 aliphatic rings. The highest BCUT2D eigenvalue weighted by Crippen LogP contribution is 2.30. The molecule has 4 rings (SSSR count). The molecule has 0 radical (unpaired) electrons. The van der Waals surface area contributed by atoms with E-state index in [0.29, 0.717) is 36.2 Å². The van der Waals surface area contributed by atoms with E-state index < -0.39 is 0 Å². The lowest BCUT2D eigenvalue weighted by Crippen LogP contribution is -2.50. The first kappa shape index (κ1) is 18.3. The summed E-state index contributed by atoms with van der Waals surface area (Å²) in [6, 6.07) is 10.9. The summed E-state index contributed by atoms with van der Waals surface area (Å²) in [5, 5.41) is 7.29. The second-order valence-corrected chi connectivity index (χ2v) is 7.24. The average Bonchev–Trinajstić information content (AvgIpc) is 3.17. The average molecular weight is 371 g/mol. The Bertz CT molecular complexity index is 752. The highest BCUT2D eigenvalue weighted by Gasteiger charge is 2.34. The molecule has 27 heavy (non-hydrogen) atoms. The second-order valence-electron chi connectivity index (χ2n) is 7.24. The molecule has 1 saturated carbocycles. The first-order chi connectivity index (χ1) is 13.3. The molecule has 2 aromatic rings. The number of ether oxygens (including phenoxy) is 2. The summed E-state index contributed by atoms with van der Waals surface area (Å²) in [4.78, 5) is 4.34. The fourth-order valence-electron chi connectivity index (χ4n) is 4.12. The minimum absolute atomic E-state index is 0.320. The fraction of sp³-hybridized carbons (Fsp3) is 0.476. The minimum Gasteiger partial charge on any atom is -0.439 e. The van der Waals surface area contributed by atoms with Crippen molar-refractivity contribution in [3.8, 4) is 11.6 Å². The summed E-state index contributed by atoms with van der Waals surface area (Å²) in [5.74, 6) is 1.23. The predicted molar refractivity (Wildman–Crippen MR) is 101 cm³/mol. The molecule has 1 aromatic carbocycles. The molecule has 2 heterocycles. The first-order valence-corrected chi connectivity index (χ1v) is 9.71. The van der Waals surface area contributed by atoms with Gasteiger partial charge in [0.05, 0.1) is 13.2 Å². The van der Waals surface area contributed by atoms with E-state index in [2.05, 4.69) is 15.6 Å². The Balaban J connectivity index is 1.40. The molecule has 1 aliphatic carbocycles. The van der Waals surface area contributed by atoms with E-state index >= 15 is 0 Å². The van der Waals surface area contributed by atoms with Crippen LogP contribution in [0.5, 0.6) is 11.6 Å². The smallest absolute Gasteiger partial charge is 0.223 e. The lowest BCUT2D eigenvalue weighted by Gasteiger charge is -2.33. The van der Waals surface area contributed by atoms with E-state index in [0.717, 1.165) is 25.3 Å². The largest absolute Gasteiger partial charge is 0.439 e. The fourth-order valence-corrected chi connectivity index (χ4v) is 4.12. The number of halogens is 1. The van der Waals surface area contributed by atoms with Gasteiger partial charge in [-0.25, -0.2) is 9.37 Å². The minimum atomic E-state index is -0.320. The van der Waals surface area contributed by atoms with E-state index in [9.17, 15) is 4.39 Å². The van der Waals surface area contributed by atoms with Crippen LogP contribution in [0, 0.1) is 11.7 Å². The summed E-state index contributed by atoms with van der Waals surface area (Å²) in [5.41, 5.74) is 0.972. The number of pyridine rings is 1. The zero-order chi connectivity index (χ0) is 18.5. The number of rotatable bonds is 6. The van der Waals surface area contributed by atoms with E-state index in [1.807, 2.05) is 12.1 Å². The first-order valence-electron chi connectivity index (χ1n) is 9.71. The highest BCUT2D eigenvalue weighted by atomic mass is 19.1. The van der Waals surface area contributed by atoms with Crippen molar-refractivity contribution in [1.82, 2.24) is 15.6 Å². The van der Waals surface area contributed by atoms with Gasteiger partial charge in [0.25, 0.3) is 0 Å². The van der Waals surface area contributed by atoms with Crippen molar-refractivity contribution in [3.05, 3.63) is 54.0 Å². The number of hydrogen-bond acceptors (Lipinski definition) is 5. The van der Waals surface area contributed by atoms with Gasteiger partial charge < -0.3 is 20.1 Å². The number of aromatic nitrogens is 1. The number of hydrogen-bond donors (Lipinski definition) is 2. The molecular formula is C21H26FN3O2. The van der Waals surface area contributed by atoms with Gasteiger partial charge in [0.1, 0.15) is 11.6 Å². The van der Waals surface area contributed by atoms with Gasteiger partial charge in [-0.3, -0.25) is 0 Å². The molecule has 1 aromatic heterocycles. The molecule has 2 N–H and O–H groups in total. The molecule has 5 nitrogen and oxygen atoms in total. The Morgan fingerprint density at radius 2 is 2.22 bits per heavy atom. The summed E-state index contributed by atoms with van der Waals surface area (Å²) in [7, 11) is 0. The van der Waals surface area contributed by atoms with Crippen LogP contribution in [-0.4, -0.2) is 36.8 Å². The van der Waals surface area contributed by atoms with Crippen molar-refractivity contribution in [2.75, 3.05) is 19.8 Å². The molecule has 0 bridgehead atoms. The quantitative estimate of drug-likeness (QED) is 0.816. The molecule has 3 unspecified atom stereocenters. The normalized spacial score (nSPS) is 25.4. The SMILES string of the molecule is Fc1cccc(Oc2ncccc2CNC2CCCC2C2COCCN2)c1. The van der Waals surface area contributed by atoms with Gasteiger partial charge in [0, 0.05) is 43.0 Å². The van der Waals surface area contributed by atoms with Gasteiger partial charge in [0.15, 0.2) is 0 Å². The predicted octanol–water partition coefficient (Wildman–Crippen LogP) is 3.26. The van der Waals surface area contributed by atoms with E-state index in [1.54, 1.807) is 18.3 Å². The summed E-state index contributed by atoms with van der Waals surface area (Å²) < 4.78 is 24.9. The maximum atomic E-state index is 13.4. The topological polar surface area (TPSA) is 55.4 Å². The van der Waals surface area contributed by atoms with Crippen molar-refractivity contribution in [2.24, 2.45) is 5.92 Å². The van der Waals surface area contributed by atoms with Crippen molar-refractivity contribution in [2.45, 2.75) is 37.9 Å². The Labute approximate surface area is 159 Å². The molecule has 1 aliphatic heterocycles. The van der Waals surface area contributed by atoms with Crippen LogP contribution in [0.1, 0.15) is 24.8 Å². The number of nitrogens with one attached hydrogen (secondary N) is 2. The number of nitrogens with zero attached hydrogens (tertiary/aromatic N) is 1. The van der Waals surface area contributed by atoms with Crippen LogP contribution in [0.15, 0.2) is 42.6 Å². The lowest BCUT2D eigenvalue weighted by atomic mass is 9.94. The van der Waals surface area contributed by atoms with Gasteiger partial charge >= 0.3 is 0 Å². The van der Waals surface area contributed by atoms with Crippen LogP contribution in [-0.2, 0) is 11.3 Å². The number of benzene rings is 1. The van der Waals surface area contributed by atoms with Crippen molar-refractivity contribution in [1.29, 1.82) is 0 Å². The Hall–Kier alpha value is -2.02. The third-order valence-corrected chi connectivity index (χ3v) is 5.45. The van der Waals surface area contributed by atoms with Crippen LogP contribution >= 0.6 is 0 Å². The monoisotopic (exact) mass is 371 g/mol. The van der Waals surface area contributed by atoms with Crippen LogP contribution < -0.4 is 15.4 Å². The molecule has 2 fully saturated rings. The van der Waals surface area contributed by atoms with Crippen LogP contribution in [0.25, 0.3) is 0 Å². The molecule has 0 amide bonds. The van der Waals surface area contributed by atoms with Gasteiger partial charge in [-0.05, 0) is 37.0 Å². The van der Waals surface area contributed by atoms with E-state index in [-0.39, 0.29) is 5.82 Å². The van der Waals surface area contributed by atoms with Crippen molar-refractivity contribution in [3.63, 3.8) is 0 Å². The summed E-state index contributed by atoms with van der Waals surface area (Å²) >= 11 is 0.